The topological polar surface area (TPSA) is 38.8 Å². The van der Waals surface area contributed by atoms with E-state index in [0.29, 0.717) is 19.7 Å². The van der Waals surface area contributed by atoms with Gasteiger partial charge >= 0.3 is 6.09 Å². The number of hydrogen-bond donors (Lipinski definition) is 0. The van der Waals surface area contributed by atoms with Crippen LogP contribution in [0.5, 0.6) is 0 Å². The average molecular weight is 518 g/mol. The SMILES string of the molecule is O=C(OCc1ccccc1)N1CCC(Sc2ccc(Cl)cc2)C(OCc2ccc3ccccc3c2)C1. The molecule has 2 unspecified atom stereocenters. The van der Waals surface area contributed by atoms with Crippen LogP contribution >= 0.6 is 23.4 Å². The van der Waals surface area contributed by atoms with E-state index in [1.807, 2.05) is 66.7 Å². The number of carbonyl (C=O) groups excluding carboxylic acids is 1. The van der Waals surface area contributed by atoms with Crippen LogP contribution in [0.3, 0.4) is 0 Å². The summed E-state index contributed by atoms with van der Waals surface area (Å²) in [5.41, 5.74) is 2.09. The van der Waals surface area contributed by atoms with Gasteiger partial charge in [-0.2, -0.15) is 0 Å². The van der Waals surface area contributed by atoms with E-state index in [1.165, 1.54) is 10.8 Å². The number of halogens is 1. The Morgan fingerprint density at radius 1 is 0.861 bits per heavy atom. The van der Waals surface area contributed by atoms with Crippen LogP contribution in [0, 0.1) is 0 Å². The third-order valence-corrected chi connectivity index (χ3v) is 7.98. The molecule has 0 radical (unpaired) electrons. The highest BCUT2D eigenvalue weighted by atomic mass is 35.5. The number of rotatable bonds is 7. The second-order valence-corrected chi connectivity index (χ2v) is 10.7. The zero-order valence-corrected chi connectivity index (χ0v) is 21.5. The molecule has 1 aliphatic rings. The fourth-order valence-corrected chi connectivity index (χ4v) is 5.69. The molecule has 0 N–H and O–H groups in total. The third kappa shape index (κ3) is 6.41. The summed E-state index contributed by atoms with van der Waals surface area (Å²) in [6.45, 7) is 1.88. The molecule has 5 rings (SSSR count). The van der Waals surface area contributed by atoms with Crippen molar-refractivity contribution in [3.05, 3.63) is 113 Å². The summed E-state index contributed by atoms with van der Waals surface area (Å²) in [6, 6.07) is 32.4. The smallest absolute Gasteiger partial charge is 0.410 e. The lowest BCUT2D eigenvalue weighted by Crippen LogP contribution is -2.49. The van der Waals surface area contributed by atoms with Crippen molar-refractivity contribution in [2.45, 2.75) is 35.9 Å². The molecule has 36 heavy (non-hydrogen) atoms. The first-order chi connectivity index (χ1) is 17.6. The van der Waals surface area contributed by atoms with Gasteiger partial charge < -0.3 is 14.4 Å². The molecule has 4 nitrogen and oxygen atoms in total. The van der Waals surface area contributed by atoms with E-state index in [-0.39, 0.29) is 24.1 Å². The van der Waals surface area contributed by atoms with Crippen molar-refractivity contribution in [1.29, 1.82) is 0 Å². The molecule has 0 aromatic heterocycles. The van der Waals surface area contributed by atoms with Crippen LogP contribution < -0.4 is 0 Å². The maximum absolute atomic E-state index is 12.9. The largest absolute Gasteiger partial charge is 0.445 e. The Labute approximate surface area is 221 Å². The molecule has 0 aliphatic carbocycles. The van der Waals surface area contributed by atoms with E-state index < -0.39 is 0 Å². The predicted molar refractivity (Wildman–Crippen MR) is 146 cm³/mol. The van der Waals surface area contributed by atoms with Gasteiger partial charge in [-0.1, -0.05) is 78.3 Å². The van der Waals surface area contributed by atoms with Gasteiger partial charge in [-0.05, 0) is 58.7 Å². The van der Waals surface area contributed by atoms with Crippen molar-refractivity contribution in [2.75, 3.05) is 13.1 Å². The second-order valence-electron chi connectivity index (χ2n) is 8.92. The average Bonchev–Trinajstić information content (AvgIpc) is 2.93. The van der Waals surface area contributed by atoms with Gasteiger partial charge in [0.05, 0.1) is 19.3 Å². The fraction of sp³-hybridized carbons (Fsp3) is 0.233. The van der Waals surface area contributed by atoms with Gasteiger partial charge in [0.15, 0.2) is 0 Å². The molecule has 1 amide bonds. The van der Waals surface area contributed by atoms with Gasteiger partial charge in [-0.15, -0.1) is 11.8 Å². The number of nitrogens with zero attached hydrogens (tertiary/aromatic N) is 1. The molecule has 6 heteroatoms. The maximum Gasteiger partial charge on any atom is 0.410 e. The minimum absolute atomic E-state index is 0.129. The Kier molecular flexibility index (Phi) is 8.11. The lowest BCUT2D eigenvalue weighted by atomic mass is 10.1. The Balaban J connectivity index is 1.26. The van der Waals surface area contributed by atoms with E-state index in [4.69, 9.17) is 21.1 Å². The van der Waals surface area contributed by atoms with Gasteiger partial charge in [0.2, 0.25) is 0 Å². The van der Waals surface area contributed by atoms with E-state index >= 15 is 0 Å². The number of thioether (sulfide) groups is 1. The highest BCUT2D eigenvalue weighted by Gasteiger charge is 2.33. The molecule has 0 bridgehead atoms. The monoisotopic (exact) mass is 517 g/mol. The molecule has 1 fully saturated rings. The first-order valence-electron chi connectivity index (χ1n) is 12.1. The van der Waals surface area contributed by atoms with Gasteiger partial charge in [0.1, 0.15) is 6.61 Å². The van der Waals surface area contributed by atoms with Crippen molar-refractivity contribution in [3.63, 3.8) is 0 Å². The third-order valence-electron chi connectivity index (χ3n) is 6.34. The molecule has 1 heterocycles. The molecule has 4 aromatic carbocycles. The summed E-state index contributed by atoms with van der Waals surface area (Å²) in [4.78, 5) is 15.8. The number of piperidine rings is 1. The first-order valence-corrected chi connectivity index (χ1v) is 13.4. The number of benzene rings is 4. The van der Waals surface area contributed by atoms with Crippen LogP contribution in [0.15, 0.2) is 102 Å². The predicted octanol–water partition coefficient (Wildman–Crippen LogP) is 7.58. The summed E-state index contributed by atoms with van der Waals surface area (Å²) in [6.07, 6.45) is 0.388. The van der Waals surface area contributed by atoms with E-state index in [1.54, 1.807) is 16.7 Å². The van der Waals surface area contributed by atoms with E-state index in [0.717, 1.165) is 27.5 Å². The zero-order chi connectivity index (χ0) is 24.7. The Morgan fingerprint density at radius 2 is 1.61 bits per heavy atom. The van der Waals surface area contributed by atoms with Crippen molar-refractivity contribution in [3.8, 4) is 0 Å². The van der Waals surface area contributed by atoms with Crippen molar-refractivity contribution in [1.82, 2.24) is 4.90 Å². The Bertz CT molecular complexity index is 1300. The Morgan fingerprint density at radius 3 is 2.42 bits per heavy atom. The highest BCUT2D eigenvalue weighted by Crippen LogP contribution is 2.33. The van der Waals surface area contributed by atoms with Crippen LogP contribution in [0.25, 0.3) is 10.8 Å². The Hall–Kier alpha value is -2.99. The van der Waals surface area contributed by atoms with Crippen LogP contribution in [-0.4, -0.2) is 35.4 Å². The first kappa shape index (κ1) is 24.7. The summed E-state index contributed by atoms with van der Waals surface area (Å²) >= 11 is 7.86. The highest BCUT2D eigenvalue weighted by molar-refractivity contribution is 8.00. The molecule has 1 aliphatic heterocycles. The second kappa shape index (κ2) is 11.8. The number of amides is 1. The number of fused-ring (bicyclic) bond motifs is 1. The van der Waals surface area contributed by atoms with Crippen LogP contribution in [0.2, 0.25) is 5.02 Å². The van der Waals surface area contributed by atoms with Gasteiger partial charge in [0, 0.05) is 21.7 Å². The molecular weight excluding hydrogens is 490 g/mol. The van der Waals surface area contributed by atoms with E-state index in [2.05, 4.69) is 30.3 Å². The maximum atomic E-state index is 12.9. The summed E-state index contributed by atoms with van der Waals surface area (Å²) in [5.74, 6) is 0. The number of carbonyl (C=O) groups is 1. The quantitative estimate of drug-likeness (QED) is 0.253. The molecule has 0 spiro atoms. The van der Waals surface area contributed by atoms with Gasteiger partial charge in [-0.3, -0.25) is 0 Å². The molecule has 4 aromatic rings. The van der Waals surface area contributed by atoms with Crippen LogP contribution in [0.4, 0.5) is 4.79 Å². The normalized spacial score (nSPS) is 17.8. The van der Waals surface area contributed by atoms with Gasteiger partial charge in [-0.25, -0.2) is 4.79 Å². The molecule has 184 valence electrons. The van der Waals surface area contributed by atoms with Crippen molar-refractivity contribution in [2.24, 2.45) is 0 Å². The lowest BCUT2D eigenvalue weighted by Gasteiger charge is -2.37. The number of hydrogen-bond acceptors (Lipinski definition) is 4. The standard InChI is InChI=1S/C30H28ClNO3S/c31-26-12-14-27(15-13-26)36-29-16-17-32(30(33)35-20-22-6-2-1-3-7-22)19-28(29)34-21-23-10-11-24-8-4-5-9-25(24)18-23/h1-15,18,28-29H,16-17,19-21H2. The summed E-state index contributed by atoms with van der Waals surface area (Å²) in [5, 5.41) is 3.34. The molecule has 2 atom stereocenters. The minimum atomic E-state index is -0.298. The minimum Gasteiger partial charge on any atom is -0.445 e. The van der Waals surface area contributed by atoms with Crippen molar-refractivity contribution >= 4 is 40.2 Å². The fourth-order valence-electron chi connectivity index (χ4n) is 4.39. The summed E-state index contributed by atoms with van der Waals surface area (Å²) in [7, 11) is 0. The molecule has 1 saturated heterocycles. The number of ether oxygens (including phenoxy) is 2. The molecule has 0 saturated carbocycles. The summed E-state index contributed by atoms with van der Waals surface area (Å²) < 4.78 is 12.1. The zero-order valence-electron chi connectivity index (χ0n) is 19.9. The van der Waals surface area contributed by atoms with Crippen LogP contribution in [-0.2, 0) is 22.7 Å². The van der Waals surface area contributed by atoms with Crippen LogP contribution in [0.1, 0.15) is 17.5 Å². The lowest BCUT2D eigenvalue weighted by molar-refractivity contribution is -0.00756. The number of likely N-dealkylation sites (tertiary alicyclic amines) is 1. The van der Waals surface area contributed by atoms with Crippen molar-refractivity contribution < 1.29 is 14.3 Å². The van der Waals surface area contributed by atoms with Gasteiger partial charge in [0.25, 0.3) is 0 Å². The molecular formula is C30H28ClNO3S. The van der Waals surface area contributed by atoms with E-state index in [9.17, 15) is 4.79 Å².